The van der Waals surface area contributed by atoms with Crippen molar-refractivity contribution in [3.8, 4) is 0 Å². The lowest BCUT2D eigenvalue weighted by molar-refractivity contribution is 0.0642. The third-order valence-electron chi connectivity index (χ3n) is 6.97. The van der Waals surface area contributed by atoms with Gasteiger partial charge in [-0.25, -0.2) is 0 Å². The van der Waals surface area contributed by atoms with Crippen LogP contribution in [0.1, 0.15) is 66.6 Å². The fourth-order valence-corrected chi connectivity index (χ4v) is 5.84. The minimum atomic E-state index is 0.0929. The summed E-state index contributed by atoms with van der Waals surface area (Å²) in [4.78, 5) is 16.0. The quantitative estimate of drug-likeness (QED) is 0.496. The molecule has 1 aromatic rings. The van der Waals surface area contributed by atoms with Crippen molar-refractivity contribution in [3.05, 3.63) is 34.4 Å². The number of fused-ring (bicyclic) bond motifs is 4. The Balaban J connectivity index is 1.83. The van der Waals surface area contributed by atoms with Gasteiger partial charge in [-0.1, -0.05) is 42.5 Å². The van der Waals surface area contributed by atoms with E-state index in [4.69, 9.17) is 0 Å². The van der Waals surface area contributed by atoms with Crippen LogP contribution in [-0.2, 0) is 9.84 Å². The zero-order valence-corrected chi connectivity index (χ0v) is 17.2. The first kappa shape index (κ1) is 17.0. The standard InChI is InChI=1S/C21H28INO/c1-13-9-18-17(10-16(13)11-22)20(24)19-14(2)21(18,3)7-4-8-23(19)12-15-5-6-15/h9-10,14-15,19H,4-8,11-12H2,1-3H3/t14-,19-,21-/m0/s1. The van der Waals surface area contributed by atoms with Crippen molar-refractivity contribution in [2.24, 2.45) is 11.8 Å². The van der Waals surface area contributed by atoms with Gasteiger partial charge in [-0.15, -0.1) is 0 Å². The van der Waals surface area contributed by atoms with E-state index in [1.165, 1.54) is 42.4 Å². The zero-order chi connectivity index (χ0) is 17.1. The molecule has 130 valence electrons. The van der Waals surface area contributed by atoms with E-state index >= 15 is 0 Å². The third-order valence-corrected chi connectivity index (χ3v) is 7.79. The fourth-order valence-electron chi connectivity index (χ4n) is 5.02. The number of hydrogen-bond donors (Lipinski definition) is 0. The smallest absolute Gasteiger partial charge is 0.180 e. The van der Waals surface area contributed by atoms with Crippen molar-refractivity contribution in [2.75, 3.05) is 13.1 Å². The predicted octanol–water partition coefficient (Wildman–Crippen LogP) is 4.89. The number of ketones is 1. The lowest BCUT2D eigenvalue weighted by Gasteiger charge is -2.46. The molecule has 0 spiro atoms. The third kappa shape index (κ3) is 2.57. The molecule has 1 saturated carbocycles. The van der Waals surface area contributed by atoms with Gasteiger partial charge in [-0.05, 0) is 79.2 Å². The van der Waals surface area contributed by atoms with Crippen molar-refractivity contribution >= 4 is 28.4 Å². The molecule has 2 nitrogen and oxygen atoms in total. The largest absolute Gasteiger partial charge is 0.293 e. The van der Waals surface area contributed by atoms with E-state index in [0.29, 0.717) is 11.7 Å². The maximum atomic E-state index is 13.5. The highest BCUT2D eigenvalue weighted by atomic mass is 127. The summed E-state index contributed by atoms with van der Waals surface area (Å²) >= 11 is 2.42. The number of alkyl halides is 1. The highest BCUT2D eigenvalue weighted by molar-refractivity contribution is 14.1. The van der Waals surface area contributed by atoms with Crippen molar-refractivity contribution in [1.29, 1.82) is 0 Å². The molecule has 2 fully saturated rings. The van der Waals surface area contributed by atoms with Crippen LogP contribution in [0.25, 0.3) is 0 Å². The monoisotopic (exact) mass is 437 g/mol. The molecule has 1 heterocycles. The van der Waals surface area contributed by atoms with Gasteiger partial charge in [0.15, 0.2) is 5.78 Å². The van der Waals surface area contributed by atoms with Gasteiger partial charge < -0.3 is 0 Å². The number of hydrogen-bond acceptors (Lipinski definition) is 2. The minimum Gasteiger partial charge on any atom is -0.293 e. The first-order chi connectivity index (χ1) is 11.5. The molecule has 0 aromatic heterocycles. The van der Waals surface area contributed by atoms with Gasteiger partial charge in [0, 0.05) is 16.5 Å². The molecule has 4 rings (SSSR count). The summed E-state index contributed by atoms with van der Waals surface area (Å²) in [6, 6.07) is 4.65. The predicted molar refractivity (Wildman–Crippen MR) is 107 cm³/mol. The van der Waals surface area contributed by atoms with Crippen LogP contribution in [0.2, 0.25) is 0 Å². The number of halogens is 1. The van der Waals surface area contributed by atoms with Gasteiger partial charge >= 0.3 is 0 Å². The van der Waals surface area contributed by atoms with E-state index in [2.05, 4.69) is 60.4 Å². The van der Waals surface area contributed by atoms with Crippen LogP contribution in [-0.4, -0.2) is 29.8 Å². The second kappa shape index (κ2) is 6.08. The summed E-state index contributed by atoms with van der Waals surface area (Å²) in [5.74, 6) is 1.64. The van der Waals surface area contributed by atoms with Crippen molar-refractivity contribution in [1.82, 2.24) is 4.90 Å². The van der Waals surface area contributed by atoms with E-state index in [-0.39, 0.29) is 11.5 Å². The van der Waals surface area contributed by atoms with Gasteiger partial charge in [-0.3, -0.25) is 9.69 Å². The molecule has 0 N–H and O–H groups in total. The number of rotatable bonds is 3. The van der Waals surface area contributed by atoms with Gasteiger partial charge in [0.1, 0.15) is 0 Å². The second-order valence-corrected chi connectivity index (χ2v) is 9.28. The molecule has 3 heteroatoms. The molecule has 1 saturated heterocycles. The number of Topliss-reactive ketones (excluding diaryl/α,β-unsaturated/α-hetero) is 1. The van der Waals surface area contributed by atoms with E-state index in [1.807, 2.05) is 0 Å². The molecule has 0 amide bonds. The van der Waals surface area contributed by atoms with E-state index in [9.17, 15) is 4.79 Å². The summed E-state index contributed by atoms with van der Waals surface area (Å²) in [5.41, 5.74) is 5.17. The van der Waals surface area contributed by atoms with E-state index in [0.717, 1.165) is 29.0 Å². The van der Waals surface area contributed by atoms with Crippen LogP contribution in [0.15, 0.2) is 12.1 Å². The highest BCUT2D eigenvalue weighted by Gasteiger charge is 2.51. The molecule has 2 aliphatic carbocycles. The number of carbonyl (C=O) groups excluding carboxylic acids is 1. The number of carbonyl (C=O) groups is 1. The number of nitrogens with zero attached hydrogens (tertiary/aromatic N) is 1. The van der Waals surface area contributed by atoms with Crippen molar-refractivity contribution in [3.63, 3.8) is 0 Å². The number of benzene rings is 1. The summed E-state index contributed by atoms with van der Waals surface area (Å²) in [7, 11) is 0. The average molecular weight is 437 g/mol. The van der Waals surface area contributed by atoms with Gasteiger partial charge in [0.25, 0.3) is 0 Å². The summed E-state index contributed by atoms with van der Waals surface area (Å²) in [5, 5.41) is 0. The molecule has 1 aliphatic heterocycles. The Bertz CT molecular complexity index is 681. The first-order valence-corrected chi connectivity index (χ1v) is 11.0. The van der Waals surface area contributed by atoms with Crippen LogP contribution < -0.4 is 0 Å². The number of likely N-dealkylation sites (tertiary alicyclic amines) is 1. The fraction of sp³-hybridized carbons (Fsp3) is 0.667. The van der Waals surface area contributed by atoms with Gasteiger partial charge in [0.05, 0.1) is 6.04 Å². The SMILES string of the molecule is Cc1cc2c(cc1CI)C(=O)[C@@H]1[C@H](C)[C@]2(C)CCCN1CC1CC1. The molecule has 24 heavy (non-hydrogen) atoms. The Labute approximate surface area is 159 Å². The maximum Gasteiger partial charge on any atom is 0.180 e. The average Bonchev–Trinajstić information content (AvgIpc) is 3.37. The Morgan fingerprint density at radius 2 is 2.08 bits per heavy atom. The number of aryl methyl sites for hydroxylation is 1. The Morgan fingerprint density at radius 3 is 2.75 bits per heavy atom. The lowest BCUT2D eigenvalue weighted by Crippen LogP contribution is -2.54. The van der Waals surface area contributed by atoms with Crippen molar-refractivity contribution < 1.29 is 4.79 Å². The van der Waals surface area contributed by atoms with Crippen LogP contribution in [0.3, 0.4) is 0 Å². The molecule has 3 aliphatic rings. The molecule has 0 radical (unpaired) electrons. The molecule has 0 unspecified atom stereocenters. The van der Waals surface area contributed by atoms with Gasteiger partial charge in [0.2, 0.25) is 0 Å². The Hall–Kier alpha value is -0.420. The van der Waals surface area contributed by atoms with E-state index in [1.54, 1.807) is 0 Å². The van der Waals surface area contributed by atoms with E-state index < -0.39 is 0 Å². The maximum absolute atomic E-state index is 13.5. The van der Waals surface area contributed by atoms with Crippen LogP contribution in [0.4, 0.5) is 0 Å². The zero-order valence-electron chi connectivity index (χ0n) is 15.1. The molecular weight excluding hydrogens is 409 g/mol. The Morgan fingerprint density at radius 1 is 1.33 bits per heavy atom. The van der Waals surface area contributed by atoms with Gasteiger partial charge in [-0.2, -0.15) is 0 Å². The highest BCUT2D eigenvalue weighted by Crippen LogP contribution is 2.49. The molecule has 2 bridgehead atoms. The van der Waals surface area contributed by atoms with Crippen LogP contribution in [0.5, 0.6) is 0 Å². The van der Waals surface area contributed by atoms with Crippen molar-refractivity contribution in [2.45, 2.75) is 62.3 Å². The molecule has 3 atom stereocenters. The summed E-state index contributed by atoms with van der Waals surface area (Å²) in [6.45, 7) is 9.18. The molecule has 1 aromatic carbocycles. The Kier molecular flexibility index (Phi) is 4.31. The first-order valence-electron chi connectivity index (χ1n) is 9.44. The summed E-state index contributed by atoms with van der Waals surface area (Å²) < 4.78 is 0.979. The van der Waals surface area contributed by atoms with Crippen LogP contribution >= 0.6 is 22.6 Å². The topological polar surface area (TPSA) is 20.3 Å². The van der Waals surface area contributed by atoms with Crippen LogP contribution in [0, 0.1) is 18.8 Å². The molecular formula is C21H28INO. The lowest BCUT2D eigenvalue weighted by atomic mass is 9.60. The minimum absolute atomic E-state index is 0.0929. The summed E-state index contributed by atoms with van der Waals surface area (Å²) in [6.07, 6.45) is 5.13. The second-order valence-electron chi connectivity index (χ2n) is 8.52. The normalized spacial score (nSPS) is 33.2.